The summed E-state index contributed by atoms with van der Waals surface area (Å²) in [5, 5.41) is 11.4. The Balaban J connectivity index is 2.05. The molecule has 1 fully saturated rings. The maximum atomic E-state index is 11.7. The van der Waals surface area contributed by atoms with E-state index in [0.29, 0.717) is 5.69 Å². The second-order valence-electron chi connectivity index (χ2n) is 3.86. The molecule has 2 heterocycles. The Morgan fingerprint density at radius 1 is 1.35 bits per heavy atom. The van der Waals surface area contributed by atoms with Gasteiger partial charge in [-0.25, -0.2) is 14.6 Å². The van der Waals surface area contributed by atoms with Crippen LogP contribution < -0.4 is 5.32 Å². The highest BCUT2D eigenvalue weighted by Crippen LogP contribution is 2.12. The molecular formula is C11H13N3O3. The normalized spacial score (nSPS) is 14.7. The smallest absolute Gasteiger partial charge is 0.354 e. The first-order valence-corrected chi connectivity index (χ1v) is 5.42. The van der Waals surface area contributed by atoms with Crippen LogP contribution in [0.2, 0.25) is 0 Å². The van der Waals surface area contributed by atoms with Crippen molar-refractivity contribution in [1.29, 1.82) is 0 Å². The summed E-state index contributed by atoms with van der Waals surface area (Å²) in [6, 6.07) is 2.72. The number of hydrogen-bond acceptors (Lipinski definition) is 3. The second kappa shape index (κ2) is 4.82. The van der Waals surface area contributed by atoms with Crippen LogP contribution in [0.15, 0.2) is 18.3 Å². The monoisotopic (exact) mass is 235 g/mol. The molecule has 0 unspecified atom stereocenters. The minimum Gasteiger partial charge on any atom is -0.477 e. The van der Waals surface area contributed by atoms with Crippen LogP contribution in [0.4, 0.5) is 10.5 Å². The summed E-state index contributed by atoms with van der Waals surface area (Å²) in [6.07, 6.45) is 3.40. The first-order chi connectivity index (χ1) is 8.16. The fourth-order valence-corrected chi connectivity index (χ4v) is 1.75. The summed E-state index contributed by atoms with van der Waals surface area (Å²) in [5.74, 6) is -1.11. The Morgan fingerprint density at radius 2 is 2.06 bits per heavy atom. The topological polar surface area (TPSA) is 82.5 Å². The number of hydrogen-bond donors (Lipinski definition) is 2. The average Bonchev–Trinajstić information content (AvgIpc) is 2.82. The minimum atomic E-state index is -1.11. The standard InChI is InChI=1S/C11H13N3O3/c15-10(16)9-7-8(3-4-12-9)13-11(17)14-5-1-2-6-14/h3-4,7H,1-2,5-6H2,(H,15,16)(H,12,13,17). The van der Waals surface area contributed by atoms with Crippen molar-refractivity contribution in [2.45, 2.75) is 12.8 Å². The number of carbonyl (C=O) groups is 2. The van der Waals surface area contributed by atoms with E-state index in [2.05, 4.69) is 10.3 Å². The van der Waals surface area contributed by atoms with Crippen molar-refractivity contribution >= 4 is 17.7 Å². The van der Waals surface area contributed by atoms with E-state index < -0.39 is 5.97 Å². The zero-order valence-electron chi connectivity index (χ0n) is 9.22. The maximum Gasteiger partial charge on any atom is 0.354 e. The van der Waals surface area contributed by atoms with E-state index in [-0.39, 0.29) is 11.7 Å². The van der Waals surface area contributed by atoms with E-state index in [4.69, 9.17) is 5.11 Å². The quantitative estimate of drug-likeness (QED) is 0.811. The number of carboxylic acid groups (broad SMARTS) is 1. The van der Waals surface area contributed by atoms with Gasteiger partial charge in [0, 0.05) is 25.0 Å². The summed E-state index contributed by atoms with van der Waals surface area (Å²) in [4.78, 5) is 27.8. The predicted molar refractivity (Wildman–Crippen MR) is 61.0 cm³/mol. The highest BCUT2D eigenvalue weighted by atomic mass is 16.4. The molecule has 0 bridgehead atoms. The zero-order valence-corrected chi connectivity index (χ0v) is 9.22. The Morgan fingerprint density at radius 3 is 2.71 bits per heavy atom. The number of pyridine rings is 1. The fourth-order valence-electron chi connectivity index (χ4n) is 1.75. The molecule has 0 aliphatic carbocycles. The summed E-state index contributed by atoms with van der Waals surface area (Å²) < 4.78 is 0. The molecule has 1 aliphatic rings. The molecule has 1 saturated heterocycles. The largest absolute Gasteiger partial charge is 0.477 e. The highest BCUT2D eigenvalue weighted by molar-refractivity contribution is 5.92. The van der Waals surface area contributed by atoms with Crippen molar-refractivity contribution in [3.05, 3.63) is 24.0 Å². The van der Waals surface area contributed by atoms with Crippen LogP contribution in [0, 0.1) is 0 Å². The van der Waals surface area contributed by atoms with Gasteiger partial charge in [0.15, 0.2) is 0 Å². The molecule has 6 nitrogen and oxygen atoms in total. The van der Waals surface area contributed by atoms with E-state index in [1.807, 2.05) is 0 Å². The van der Waals surface area contributed by atoms with Crippen LogP contribution in [-0.4, -0.2) is 40.1 Å². The predicted octanol–water partition coefficient (Wildman–Crippen LogP) is 1.41. The lowest BCUT2D eigenvalue weighted by molar-refractivity contribution is 0.0690. The second-order valence-corrected chi connectivity index (χ2v) is 3.86. The maximum absolute atomic E-state index is 11.7. The molecule has 0 saturated carbocycles. The van der Waals surface area contributed by atoms with Crippen LogP contribution in [0.25, 0.3) is 0 Å². The SMILES string of the molecule is O=C(O)c1cc(NC(=O)N2CCCC2)ccn1. The Labute approximate surface area is 98.3 Å². The van der Waals surface area contributed by atoms with Gasteiger partial charge < -0.3 is 15.3 Å². The van der Waals surface area contributed by atoms with E-state index in [1.165, 1.54) is 12.3 Å². The summed E-state index contributed by atoms with van der Waals surface area (Å²) in [6.45, 7) is 1.51. The van der Waals surface area contributed by atoms with Crippen molar-refractivity contribution in [2.24, 2.45) is 0 Å². The van der Waals surface area contributed by atoms with Crippen molar-refractivity contribution in [2.75, 3.05) is 18.4 Å². The number of urea groups is 1. The van der Waals surface area contributed by atoms with Crippen LogP contribution in [-0.2, 0) is 0 Å². The van der Waals surface area contributed by atoms with E-state index in [0.717, 1.165) is 25.9 Å². The summed E-state index contributed by atoms with van der Waals surface area (Å²) in [7, 11) is 0. The number of amides is 2. The van der Waals surface area contributed by atoms with Gasteiger partial charge in [0.1, 0.15) is 5.69 Å². The van der Waals surface area contributed by atoms with Crippen LogP contribution in [0.5, 0.6) is 0 Å². The average molecular weight is 235 g/mol. The number of carboxylic acids is 1. The van der Waals surface area contributed by atoms with E-state index >= 15 is 0 Å². The van der Waals surface area contributed by atoms with Gasteiger partial charge in [0.2, 0.25) is 0 Å². The third kappa shape index (κ3) is 2.72. The lowest BCUT2D eigenvalue weighted by Crippen LogP contribution is -2.32. The number of nitrogens with zero attached hydrogens (tertiary/aromatic N) is 2. The van der Waals surface area contributed by atoms with E-state index in [1.54, 1.807) is 11.0 Å². The van der Waals surface area contributed by atoms with Crippen molar-refractivity contribution in [1.82, 2.24) is 9.88 Å². The first-order valence-electron chi connectivity index (χ1n) is 5.42. The molecule has 2 amide bonds. The molecule has 1 aromatic rings. The number of likely N-dealkylation sites (tertiary alicyclic amines) is 1. The number of carbonyl (C=O) groups excluding carboxylic acids is 1. The van der Waals surface area contributed by atoms with Gasteiger partial charge in [0.25, 0.3) is 0 Å². The fraction of sp³-hybridized carbons (Fsp3) is 0.364. The highest BCUT2D eigenvalue weighted by Gasteiger charge is 2.18. The molecule has 2 N–H and O–H groups in total. The van der Waals surface area contributed by atoms with E-state index in [9.17, 15) is 9.59 Å². The third-order valence-electron chi connectivity index (χ3n) is 2.62. The molecule has 2 rings (SSSR count). The molecule has 90 valence electrons. The van der Waals surface area contributed by atoms with Crippen LogP contribution >= 0.6 is 0 Å². The molecule has 0 spiro atoms. The van der Waals surface area contributed by atoms with Gasteiger partial charge in [0.05, 0.1) is 0 Å². The minimum absolute atomic E-state index is 0.0794. The van der Waals surface area contributed by atoms with Crippen molar-refractivity contribution < 1.29 is 14.7 Å². The third-order valence-corrected chi connectivity index (χ3v) is 2.62. The molecule has 6 heteroatoms. The van der Waals surface area contributed by atoms with Crippen LogP contribution in [0.3, 0.4) is 0 Å². The number of anilines is 1. The number of nitrogens with one attached hydrogen (secondary N) is 1. The Kier molecular flexibility index (Phi) is 3.22. The van der Waals surface area contributed by atoms with Crippen LogP contribution in [0.1, 0.15) is 23.3 Å². The lowest BCUT2D eigenvalue weighted by atomic mass is 10.3. The van der Waals surface area contributed by atoms with Crippen molar-refractivity contribution in [3.63, 3.8) is 0 Å². The summed E-state index contributed by atoms with van der Waals surface area (Å²) in [5.41, 5.74) is 0.374. The molecule has 1 aliphatic heterocycles. The van der Waals surface area contributed by atoms with Gasteiger partial charge in [-0.2, -0.15) is 0 Å². The number of aromatic carboxylic acids is 1. The molecule has 17 heavy (non-hydrogen) atoms. The van der Waals surface area contributed by atoms with Gasteiger partial charge in [-0.15, -0.1) is 0 Å². The number of rotatable bonds is 2. The van der Waals surface area contributed by atoms with Gasteiger partial charge in [-0.1, -0.05) is 0 Å². The Bertz CT molecular complexity index is 441. The van der Waals surface area contributed by atoms with Gasteiger partial charge in [-0.3, -0.25) is 0 Å². The molecule has 1 aromatic heterocycles. The van der Waals surface area contributed by atoms with Gasteiger partial charge >= 0.3 is 12.0 Å². The van der Waals surface area contributed by atoms with Crippen molar-refractivity contribution in [3.8, 4) is 0 Å². The molecular weight excluding hydrogens is 222 g/mol. The zero-order chi connectivity index (χ0) is 12.3. The molecule has 0 atom stereocenters. The lowest BCUT2D eigenvalue weighted by Gasteiger charge is -2.16. The molecule has 0 aromatic carbocycles. The molecule has 0 radical (unpaired) electrons. The summed E-state index contributed by atoms with van der Waals surface area (Å²) >= 11 is 0. The Hall–Kier alpha value is -2.11. The number of aromatic nitrogens is 1. The van der Waals surface area contributed by atoms with Gasteiger partial charge in [-0.05, 0) is 25.0 Å². The first kappa shape index (κ1) is 11.4.